The zero-order chi connectivity index (χ0) is 23.2. The number of likely N-dealkylation sites (tertiary alicyclic amines) is 1. The normalized spacial score (nSPS) is 16.4. The molecule has 7 heteroatoms. The van der Waals surface area contributed by atoms with Crippen LogP contribution >= 0.6 is 0 Å². The number of fused-ring (bicyclic) bond motifs is 3. The van der Waals surface area contributed by atoms with Gasteiger partial charge in [0.25, 0.3) is 5.91 Å². The molecule has 1 unspecified atom stereocenters. The fourth-order valence-electron chi connectivity index (χ4n) is 4.55. The lowest BCUT2D eigenvalue weighted by atomic mass is 9.98. The fraction of sp³-hybridized carbons (Fsp3) is 0.346. The van der Waals surface area contributed by atoms with Crippen LogP contribution in [0.15, 0.2) is 48.5 Å². The summed E-state index contributed by atoms with van der Waals surface area (Å²) in [5.41, 5.74) is 4.62. The van der Waals surface area contributed by atoms with Crippen LogP contribution in [-0.2, 0) is 14.3 Å². The molecule has 1 aliphatic heterocycles. The van der Waals surface area contributed by atoms with Crippen LogP contribution in [0.5, 0.6) is 0 Å². The number of carbonyl (C=O) groups excluding carboxylic acids is 2. The number of carboxylic acid groups (broad SMARTS) is 1. The summed E-state index contributed by atoms with van der Waals surface area (Å²) in [7, 11) is 0. The van der Waals surface area contributed by atoms with Gasteiger partial charge in [-0.05, 0) is 46.9 Å². The van der Waals surface area contributed by atoms with Crippen molar-refractivity contribution in [3.63, 3.8) is 0 Å². The molecule has 0 aromatic heterocycles. The number of amides is 2. The van der Waals surface area contributed by atoms with Crippen molar-refractivity contribution >= 4 is 18.0 Å². The molecule has 1 heterocycles. The average molecular weight is 447 g/mol. The highest BCUT2D eigenvalue weighted by Gasteiger charge is 2.29. The first-order valence-electron chi connectivity index (χ1n) is 11.1. The first kappa shape index (κ1) is 22.4. The summed E-state index contributed by atoms with van der Waals surface area (Å²) < 4.78 is 5.45. The maximum Gasteiger partial charge on any atom is 0.407 e. The number of carbonyl (C=O) groups is 3. The van der Waals surface area contributed by atoms with Gasteiger partial charge in [0.15, 0.2) is 0 Å². The number of rotatable bonds is 6. The van der Waals surface area contributed by atoms with Crippen LogP contribution in [0.3, 0.4) is 0 Å². The van der Waals surface area contributed by atoms with Crippen molar-refractivity contribution in [3.05, 3.63) is 59.7 Å². The molecule has 7 nitrogen and oxygen atoms in total. The van der Waals surface area contributed by atoms with E-state index in [0.29, 0.717) is 19.5 Å². The number of hydrogen-bond donors (Lipinski definition) is 2. The zero-order valence-corrected chi connectivity index (χ0v) is 18.3. The summed E-state index contributed by atoms with van der Waals surface area (Å²) in [5.74, 6) is 4.27. The number of aliphatic carboxylic acids is 1. The maximum atomic E-state index is 12.2. The van der Waals surface area contributed by atoms with Crippen molar-refractivity contribution in [2.24, 2.45) is 5.92 Å². The standard InChI is InChI=1S/C26H26N2O5/c29-24(28-15-13-18(16-28)11-12-25(30)31)10-5-14-27-26(32)33-17-23-21-8-3-1-6-19(21)20-7-2-4-9-22(20)23/h1-4,6-9,18,23H,11-17H2,(H,27,32)(H,30,31). The van der Waals surface area contributed by atoms with Gasteiger partial charge in [-0.1, -0.05) is 54.5 Å². The van der Waals surface area contributed by atoms with Gasteiger partial charge < -0.3 is 20.1 Å². The van der Waals surface area contributed by atoms with Crippen LogP contribution < -0.4 is 5.32 Å². The molecule has 2 aliphatic rings. The lowest BCUT2D eigenvalue weighted by Crippen LogP contribution is -2.28. The minimum atomic E-state index is -0.820. The van der Waals surface area contributed by atoms with E-state index in [0.717, 1.165) is 17.5 Å². The molecule has 0 spiro atoms. The maximum absolute atomic E-state index is 12.2. The minimum Gasteiger partial charge on any atom is -0.481 e. The van der Waals surface area contributed by atoms with Crippen molar-refractivity contribution in [1.29, 1.82) is 0 Å². The Bertz CT molecular complexity index is 1070. The summed E-state index contributed by atoms with van der Waals surface area (Å²) in [6.07, 6.45) is 0.894. The zero-order valence-electron chi connectivity index (χ0n) is 18.3. The predicted molar refractivity (Wildman–Crippen MR) is 122 cm³/mol. The fourth-order valence-corrected chi connectivity index (χ4v) is 4.55. The second-order valence-electron chi connectivity index (χ2n) is 8.32. The van der Waals surface area contributed by atoms with Crippen molar-refractivity contribution < 1.29 is 24.2 Å². The summed E-state index contributed by atoms with van der Waals surface area (Å²) in [4.78, 5) is 36.7. The molecule has 1 aliphatic carbocycles. The first-order valence-corrected chi connectivity index (χ1v) is 11.1. The number of carboxylic acids is 1. The van der Waals surface area contributed by atoms with Crippen LogP contribution in [-0.4, -0.2) is 54.2 Å². The van der Waals surface area contributed by atoms with Gasteiger partial charge in [-0.3, -0.25) is 9.59 Å². The molecule has 2 N–H and O–H groups in total. The Morgan fingerprint density at radius 1 is 1.06 bits per heavy atom. The number of benzene rings is 2. The van der Waals surface area contributed by atoms with Crippen LogP contribution in [0.25, 0.3) is 11.1 Å². The Morgan fingerprint density at radius 2 is 1.73 bits per heavy atom. The Labute approximate surface area is 192 Å². The van der Waals surface area contributed by atoms with Gasteiger partial charge in [-0.2, -0.15) is 0 Å². The highest BCUT2D eigenvalue weighted by Crippen LogP contribution is 2.44. The van der Waals surface area contributed by atoms with Gasteiger partial charge in [0, 0.05) is 25.4 Å². The van der Waals surface area contributed by atoms with Crippen molar-refractivity contribution in [1.82, 2.24) is 10.2 Å². The van der Waals surface area contributed by atoms with Crippen LogP contribution in [0.1, 0.15) is 36.3 Å². The van der Waals surface area contributed by atoms with E-state index in [-0.39, 0.29) is 37.3 Å². The number of nitrogens with one attached hydrogen (secondary N) is 1. The highest BCUT2D eigenvalue weighted by atomic mass is 16.5. The molecule has 2 aromatic rings. The number of alkyl carbamates (subject to hydrolysis) is 1. The Kier molecular flexibility index (Phi) is 6.94. The van der Waals surface area contributed by atoms with E-state index in [1.807, 2.05) is 24.3 Å². The van der Waals surface area contributed by atoms with E-state index < -0.39 is 12.1 Å². The topological polar surface area (TPSA) is 95.9 Å². The molecular formula is C26H26N2O5. The molecule has 170 valence electrons. The van der Waals surface area contributed by atoms with E-state index >= 15 is 0 Å². The molecule has 0 bridgehead atoms. The molecule has 1 fully saturated rings. The average Bonchev–Trinajstić information content (AvgIpc) is 3.42. The van der Waals surface area contributed by atoms with E-state index in [1.54, 1.807) is 4.90 Å². The number of nitrogens with zero attached hydrogens (tertiary/aromatic N) is 1. The van der Waals surface area contributed by atoms with Crippen molar-refractivity contribution in [2.75, 3.05) is 26.2 Å². The van der Waals surface area contributed by atoms with Crippen LogP contribution in [0.2, 0.25) is 0 Å². The summed E-state index contributed by atoms with van der Waals surface area (Å²) in [6, 6.07) is 16.3. The quantitative estimate of drug-likeness (QED) is 0.664. The van der Waals surface area contributed by atoms with Crippen molar-refractivity contribution in [2.45, 2.75) is 25.2 Å². The molecule has 1 saturated heterocycles. The summed E-state index contributed by atoms with van der Waals surface area (Å²) in [6.45, 7) is 1.34. The number of hydrogen-bond acceptors (Lipinski definition) is 4. The van der Waals surface area contributed by atoms with Crippen molar-refractivity contribution in [3.8, 4) is 23.0 Å². The van der Waals surface area contributed by atoms with Gasteiger partial charge >= 0.3 is 12.1 Å². The summed E-state index contributed by atoms with van der Waals surface area (Å²) >= 11 is 0. The third-order valence-electron chi connectivity index (χ3n) is 6.20. The minimum absolute atomic E-state index is 0.0126. The highest BCUT2D eigenvalue weighted by molar-refractivity contribution is 5.93. The second kappa shape index (κ2) is 10.2. The van der Waals surface area contributed by atoms with Gasteiger partial charge in [0.2, 0.25) is 0 Å². The molecule has 33 heavy (non-hydrogen) atoms. The van der Waals surface area contributed by atoms with Gasteiger partial charge in [0.05, 0.1) is 6.54 Å². The largest absolute Gasteiger partial charge is 0.481 e. The molecule has 0 saturated carbocycles. The molecule has 2 aromatic carbocycles. The smallest absolute Gasteiger partial charge is 0.407 e. The second-order valence-corrected chi connectivity index (χ2v) is 8.32. The molecule has 4 rings (SSSR count). The van der Waals surface area contributed by atoms with Crippen LogP contribution in [0, 0.1) is 17.8 Å². The SMILES string of the molecule is O=C(O)CCC1CCN(C(=O)C#CCNC(=O)OCC2c3ccccc3-c3ccccc32)C1. The van der Waals surface area contributed by atoms with E-state index in [2.05, 4.69) is 41.4 Å². The van der Waals surface area contributed by atoms with E-state index in [1.165, 1.54) is 11.1 Å². The molecule has 0 radical (unpaired) electrons. The van der Waals surface area contributed by atoms with Gasteiger partial charge in [0.1, 0.15) is 6.61 Å². The third kappa shape index (κ3) is 5.35. The monoisotopic (exact) mass is 446 g/mol. The number of ether oxygens (including phenoxy) is 1. The Morgan fingerprint density at radius 3 is 2.39 bits per heavy atom. The van der Waals surface area contributed by atoms with Gasteiger partial charge in [-0.15, -0.1) is 0 Å². The first-order chi connectivity index (χ1) is 16.0. The van der Waals surface area contributed by atoms with E-state index in [9.17, 15) is 14.4 Å². The summed E-state index contributed by atoms with van der Waals surface area (Å²) in [5, 5.41) is 11.3. The third-order valence-corrected chi connectivity index (χ3v) is 6.20. The molecule has 2 amide bonds. The lowest BCUT2D eigenvalue weighted by Gasteiger charge is -2.14. The lowest BCUT2D eigenvalue weighted by molar-refractivity contribution is -0.137. The van der Waals surface area contributed by atoms with Crippen LogP contribution in [0.4, 0.5) is 4.79 Å². The Hall–Kier alpha value is -3.79. The molecule has 1 atom stereocenters. The Balaban J connectivity index is 1.23. The van der Waals surface area contributed by atoms with E-state index in [4.69, 9.17) is 9.84 Å². The predicted octanol–water partition coefficient (Wildman–Crippen LogP) is 3.24. The van der Waals surface area contributed by atoms with Gasteiger partial charge in [-0.25, -0.2) is 4.79 Å². The molecular weight excluding hydrogens is 420 g/mol.